The van der Waals surface area contributed by atoms with Crippen LogP contribution in [0.3, 0.4) is 0 Å². The first-order valence-corrected chi connectivity index (χ1v) is 8.14. The smallest absolute Gasteiger partial charge is 0.271 e. The number of nitro benzene ring substituents is 1. The van der Waals surface area contributed by atoms with Crippen LogP contribution in [0.2, 0.25) is 5.02 Å². The van der Waals surface area contributed by atoms with Crippen LogP contribution in [0.15, 0.2) is 36.4 Å². The summed E-state index contributed by atoms with van der Waals surface area (Å²) in [6.07, 6.45) is 4.42. The van der Waals surface area contributed by atoms with Crippen LogP contribution >= 0.6 is 11.6 Å². The van der Waals surface area contributed by atoms with E-state index in [2.05, 4.69) is 0 Å². The summed E-state index contributed by atoms with van der Waals surface area (Å²) in [5.74, 6) is 0.117. The fourth-order valence-electron chi connectivity index (χ4n) is 2.85. The number of carbonyl (C=O) groups excluding carboxylic acids is 1. The van der Waals surface area contributed by atoms with E-state index in [1.54, 1.807) is 0 Å². The van der Waals surface area contributed by atoms with E-state index < -0.39 is 4.92 Å². The molecular weight excluding hydrogens is 330 g/mol. The first kappa shape index (κ1) is 16.5. The fourth-order valence-corrected chi connectivity index (χ4v) is 3.08. The van der Waals surface area contributed by atoms with Gasteiger partial charge in [0.15, 0.2) is 12.4 Å². The van der Waals surface area contributed by atoms with Gasteiger partial charge >= 0.3 is 0 Å². The minimum atomic E-state index is -0.534. The molecule has 0 heterocycles. The number of rotatable bonds is 5. The third kappa shape index (κ3) is 3.57. The number of aryl methyl sites for hydroxylation is 2. The Morgan fingerprint density at radius 3 is 2.58 bits per heavy atom. The van der Waals surface area contributed by atoms with Crippen LogP contribution in [-0.4, -0.2) is 17.3 Å². The number of hydrogen-bond acceptors (Lipinski definition) is 4. The summed E-state index contributed by atoms with van der Waals surface area (Å²) in [5, 5.41) is 10.8. The van der Waals surface area contributed by atoms with Gasteiger partial charge in [0.1, 0.15) is 5.75 Å². The molecule has 0 saturated carbocycles. The highest BCUT2D eigenvalue weighted by atomic mass is 35.5. The van der Waals surface area contributed by atoms with Gasteiger partial charge in [0.25, 0.3) is 5.69 Å². The Kier molecular flexibility index (Phi) is 4.81. The maximum Gasteiger partial charge on any atom is 0.271 e. The van der Waals surface area contributed by atoms with Crippen molar-refractivity contribution in [2.45, 2.75) is 25.7 Å². The SMILES string of the molecule is O=C(COc1ccc([N+](=O)[O-])cc1Cl)c1ccc2c(c1)CCCC2. The summed E-state index contributed by atoms with van der Waals surface area (Å²) in [4.78, 5) is 22.5. The van der Waals surface area contributed by atoms with Gasteiger partial charge in [-0.1, -0.05) is 23.7 Å². The average Bonchev–Trinajstić information content (AvgIpc) is 2.59. The number of ketones is 1. The summed E-state index contributed by atoms with van der Waals surface area (Å²) in [5.41, 5.74) is 3.06. The fraction of sp³-hybridized carbons (Fsp3) is 0.278. The number of benzene rings is 2. The molecule has 0 spiro atoms. The van der Waals surface area contributed by atoms with Crippen molar-refractivity contribution in [2.24, 2.45) is 0 Å². The van der Waals surface area contributed by atoms with E-state index in [4.69, 9.17) is 16.3 Å². The number of nitrogens with zero attached hydrogens (tertiary/aromatic N) is 1. The molecule has 0 radical (unpaired) electrons. The van der Waals surface area contributed by atoms with E-state index in [1.165, 1.54) is 35.7 Å². The van der Waals surface area contributed by atoms with Crippen molar-refractivity contribution in [1.29, 1.82) is 0 Å². The summed E-state index contributed by atoms with van der Waals surface area (Å²) in [6.45, 7) is -0.156. The lowest BCUT2D eigenvalue weighted by Gasteiger charge is -2.16. The first-order chi connectivity index (χ1) is 11.5. The van der Waals surface area contributed by atoms with Crippen molar-refractivity contribution in [3.63, 3.8) is 0 Å². The largest absolute Gasteiger partial charge is 0.484 e. The molecule has 0 aliphatic heterocycles. The molecule has 5 nitrogen and oxygen atoms in total. The Hall–Kier alpha value is -2.40. The molecule has 2 aromatic carbocycles. The second-order valence-electron chi connectivity index (χ2n) is 5.77. The summed E-state index contributed by atoms with van der Waals surface area (Å²) in [6, 6.07) is 9.69. The number of carbonyl (C=O) groups is 1. The highest BCUT2D eigenvalue weighted by molar-refractivity contribution is 6.32. The van der Waals surface area contributed by atoms with Crippen LogP contribution in [0.25, 0.3) is 0 Å². The Balaban J connectivity index is 1.68. The summed E-state index contributed by atoms with van der Waals surface area (Å²) in [7, 11) is 0. The van der Waals surface area contributed by atoms with Crippen molar-refractivity contribution < 1.29 is 14.5 Å². The monoisotopic (exact) mass is 345 g/mol. The van der Waals surface area contributed by atoms with Crippen LogP contribution in [0.1, 0.15) is 34.3 Å². The molecule has 0 amide bonds. The molecule has 0 saturated heterocycles. The average molecular weight is 346 g/mol. The number of ether oxygens (including phenoxy) is 1. The van der Waals surface area contributed by atoms with Crippen molar-refractivity contribution in [2.75, 3.05) is 6.61 Å². The number of fused-ring (bicyclic) bond motifs is 1. The van der Waals surface area contributed by atoms with E-state index in [1.807, 2.05) is 18.2 Å². The van der Waals surface area contributed by atoms with Gasteiger partial charge in [0.2, 0.25) is 0 Å². The lowest BCUT2D eigenvalue weighted by molar-refractivity contribution is -0.384. The lowest BCUT2D eigenvalue weighted by atomic mass is 9.90. The normalized spacial score (nSPS) is 13.2. The van der Waals surface area contributed by atoms with Crippen LogP contribution in [0.5, 0.6) is 5.75 Å². The van der Waals surface area contributed by atoms with Gasteiger partial charge in [0, 0.05) is 17.7 Å². The van der Waals surface area contributed by atoms with Crippen LogP contribution < -0.4 is 4.74 Å². The molecule has 0 fully saturated rings. The Morgan fingerprint density at radius 2 is 1.88 bits per heavy atom. The van der Waals surface area contributed by atoms with Gasteiger partial charge in [-0.15, -0.1) is 0 Å². The molecule has 3 rings (SSSR count). The number of halogens is 1. The summed E-state index contributed by atoms with van der Waals surface area (Å²) < 4.78 is 5.43. The van der Waals surface area contributed by atoms with E-state index in [9.17, 15) is 14.9 Å². The second kappa shape index (κ2) is 7.01. The van der Waals surface area contributed by atoms with Crippen LogP contribution in [0, 0.1) is 10.1 Å². The molecule has 0 bridgehead atoms. The van der Waals surface area contributed by atoms with Crippen LogP contribution in [-0.2, 0) is 12.8 Å². The third-order valence-corrected chi connectivity index (χ3v) is 4.45. The zero-order chi connectivity index (χ0) is 17.1. The number of nitro groups is 1. The van der Waals surface area contributed by atoms with Gasteiger partial charge < -0.3 is 4.74 Å². The Labute approximate surface area is 144 Å². The minimum Gasteiger partial charge on any atom is -0.484 e. The van der Waals surface area contributed by atoms with Gasteiger partial charge in [0.05, 0.1) is 9.95 Å². The van der Waals surface area contributed by atoms with Gasteiger partial charge in [-0.2, -0.15) is 0 Å². The predicted octanol–water partition coefficient (Wildman–Crippen LogP) is 4.39. The maximum atomic E-state index is 12.3. The molecule has 0 aromatic heterocycles. The first-order valence-electron chi connectivity index (χ1n) is 7.76. The molecule has 0 unspecified atom stereocenters. The maximum absolute atomic E-state index is 12.3. The molecule has 6 heteroatoms. The second-order valence-corrected chi connectivity index (χ2v) is 6.18. The van der Waals surface area contributed by atoms with Gasteiger partial charge in [-0.3, -0.25) is 14.9 Å². The molecule has 2 aromatic rings. The van der Waals surface area contributed by atoms with E-state index in [0.29, 0.717) is 5.56 Å². The van der Waals surface area contributed by atoms with Gasteiger partial charge in [-0.25, -0.2) is 0 Å². The highest BCUT2D eigenvalue weighted by Crippen LogP contribution is 2.29. The number of Topliss-reactive ketones (excluding diaryl/α,β-unsaturated/α-hetero) is 1. The topological polar surface area (TPSA) is 69.4 Å². The van der Waals surface area contributed by atoms with E-state index in [0.717, 1.165) is 19.3 Å². The zero-order valence-electron chi connectivity index (χ0n) is 13.0. The van der Waals surface area contributed by atoms with Crippen molar-refractivity contribution in [1.82, 2.24) is 0 Å². The van der Waals surface area contributed by atoms with E-state index >= 15 is 0 Å². The molecule has 1 aliphatic carbocycles. The van der Waals surface area contributed by atoms with Crippen molar-refractivity contribution in [3.8, 4) is 5.75 Å². The summed E-state index contributed by atoms with van der Waals surface area (Å²) >= 11 is 5.96. The standard InChI is InChI=1S/C18H16ClNO4/c19-16-10-15(20(22)23)7-8-18(16)24-11-17(21)14-6-5-12-3-1-2-4-13(12)9-14/h5-10H,1-4,11H2. The minimum absolute atomic E-state index is 0.113. The van der Waals surface area contributed by atoms with Crippen molar-refractivity contribution in [3.05, 3.63) is 68.2 Å². The highest BCUT2D eigenvalue weighted by Gasteiger charge is 2.15. The van der Waals surface area contributed by atoms with E-state index in [-0.39, 0.29) is 28.8 Å². The number of non-ortho nitro benzene ring substituents is 1. The molecule has 124 valence electrons. The molecule has 0 N–H and O–H groups in total. The van der Waals surface area contributed by atoms with Gasteiger partial charge in [-0.05, 0) is 48.9 Å². The van der Waals surface area contributed by atoms with Crippen molar-refractivity contribution >= 4 is 23.1 Å². The molecule has 24 heavy (non-hydrogen) atoms. The molecular formula is C18H16ClNO4. The molecule has 0 atom stereocenters. The predicted molar refractivity (Wildman–Crippen MR) is 91.0 cm³/mol. The third-order valence-electron chi connectivity index (χ3n) is 4.16. The zero-order valence-corrected chi connectivity index (χ0v) is 13.7. The number of hydrogen-bond donors (Lipinski definition) is 0. The quantitative estimate of drug-likeness (QED) is 0.458. The Morgan fingerprint density at radius 1 is 1.12 bits per heavy atom. The Bertz CT molecular complexity index is 804. The lowest BCUT2D eigenvalue weighted by Crippen LogP contribution is -2.13. The molecule has 1 aliphatic rings. The van der Waals surface area contributed by atoms with Crippen LogP contribution in [0.4, 0.5) is 5.69 Å².